The molecular weight excluding hydrogens is 439 g/mol. The second-order valence-corrected chi connectivity index (χ2v) is 9.28. The summed E-state index contributed by atoms with van der Waals surface area (Å²) in [6.45, 7) is 4.14. The van der Waals surface area contributed by atoms with Crippen LogP contribution in [0.5, 0.6) is 0 Å². The first-order valence-electron chi connectivity index (χ1n) is 10.0. The number of benzene rings is 2. The number of hydrogen-bond acceptors (Lipinski definition) is 3. The van der Waals surface area contributed by atoms with Gasteiger partial charge in [-0.1, -0.05) is 54.7 Å². The largest absolute Gasteiger partial charge is 0.335 e. The van der Waals surface area contributed by atoms with Crippen molar-refractivity contribution in [2.45, 2.75) is 19.8 Å². The van der Waals surface area contributed by atoms with Crippen LogP contribution >= 0.6 is 34.5 Å². The molecule has 30 heavy (non-hydrogen) atoms. The fraction of sp³-hybridized carbons (Fsp3) is 0.304. The molecule has 0 bridgehead atoms. The third-order valence-electron chi connectivity index (χ3n) is 5.38. The highest BCUT2D eigenvalue weighted by atomic mass is 35.5. The van der Waals surface area contributed by atoms with Gasteiger partial charge in [-0.15, -0.1) is 11.3 Å². The number of aryl methyl sites for hydroxylation is 1. The van der Waals surface area contributed by atoms with Crippen LogP contribution in [0.2, 0.25) is 10.0 Å². The minimum atomic E-state index is -0.0895. The third kappa shape index (κ3) is 4.20. The van der Waals surface area contributed by atoms with E-state index >= 15 is 0 Å². The van der Waals surface area contributed by atoms with Crippen LogP contribution in [0.25, 0.3) is 10.1 Å². The van der Waals surface area contributed by atoms with E-state index in [1.807, 2.05) is 41.3 Å². The molecule has 7 heteroatoms. The smallest absolute Gasteiger partial charge is 0.265 e. The number of fused-ring (bicyclic) bond motifs is 1. The van der Waals surface area contributed by atoms with Crippen LogP contribution < -0.4 is 0 Å². The van der Waals surface area contributed by atoms with E-state index in [1.165, 1.54) is 16.9 Å². The van der Waals surface area contributed by atoms with Crippen LogP contribution in [0.15, 0.2) is 42.5 Å². The van der Waals surface area contributed by atoms with Gasteiger partial charge < -0.3 is 9.80 Å². The monoisotopic (exact) mass is 460 g/mol. The number of rotatable bonds is 4. The highest BCUT2D eigenvalue weighted by Crippen LogP contribution is 2.37. The quantitative estimate of drug-likeness (QED) is 0.496. The third-order valence-corrected chi connectivity index (χ3v) is 7.26. The zero-order chi connectivity index (χ0) is 21.3. The van der Waals surface area contributed by atoms with Crippen molar-refractivity contribution in [3.63, 3.8) is 0 Å². The van der Waals surface area contributed by atoms with Gasteiger partial charge in [0.25, 0.3) is 11.8 Å². The van der Waals surface area contributed by atoms with Crippen LogP contribution in [-0.2, 0) is 6.42 Å². The lowest BCUT2D eigenvalue weighted by Gasteiger charge is -2.34. The summed E-state index contributed by atoms with van der Waals surface area (Å²) in [4.78, 5) is 30.0. The first kappa shape index (κ1) is 21.2. The number of halogens is 2. The summed E-state index contributed by atoms with van der Waals surface area (Å²) in [5.41, 5.74) is 1.94. The second-order valence-electron chi connectivity index (χ2n) is 7.42. The van der Waals surface area contributed by atoms with Crippen molar-refractivity contribution in [3.8, 4) is 0 Å². The molecule has 0 aliphatic carbocycles. The maximum absolute atomic E-state index is 13.0. The zero-order valence-electron chi connectivity index (χ0n) is 16.7. The Morgan fingerprint density at radius 3 is 2.20 bits per heavy atom. The van der Waals surface area contributed by atoms with E-state index in [0.717, 1.165) is 22.9 Å². The van der Waals surface area contributed by atoms with Crippen molar-refractivity contribution in [2.24, 2.45) is 0 Å². The summed E-state index contributed by atoms with van der Waals surface area (Å²) >= 11 is 13.9. The Morgan fingerprint density at radius 2 is 1.57 bits per heavy atom. The van der Waals surface area contributed by atoms with Crippen LogP contribution in [0, 0.1) is 0 Å². The SMILES string of the molecule is CCCc1ccc(C(=O)N2CCN(C(=O)c3sc4cc(Cl)ccc4c3Cl)CC2)cc1. The van der Waals surface area contributed by atoms with Gasteiger partial charge in [0.1, 0.15) is 4.88 Å². The molecule has 4 rings (SSSR count). The molecule has 0 N–H and O–H groups in total. The number of amides is 2. The van der Waals surface area contributed by atoms with Gasteiger partial charge in [0.05, 0.1) is 5.02 Å². The lowest BCUT2D eigenvalue weighted by molar-refractivity contribution is 0.0538. The number of thiophene rings is 1. The van der Waals surface area contributed by atoms with E-state index in [1.54, 1.807) is 11.0 Å². The van der Waals surface area contributed by atoms with Gasteiger partial charge in [0.15, 0.2) is 0 Å². The molecular formula is C23H22Cl2N2O2S. The highest BCUT2D eigenvalue weighted by molar-refractivity contribution is 7.21. The molecule has 1 aliphatic rings. The maximum atomic E-state index is 13.0. The average molecular weight is 461 g/mol. The van der Waals surface area contributed by atoms with Gasteiger partial charge in [-0.3, -0.25) is 9.59 Å². The van der Waals surface area contributed by atoms with Crippen molar-refractivity contribution in [1.82, 2.24) is 9.80 Å². The Kier molecular flexibility index (Phi) is 6.32. The van der Waals surface area contributed by atoms with E-state index in [9.17, 15) is 9.59 Å². The number of nitrogens with zero attached hydrogens (tertiary/aromatic N) is 2. The summed E-state index contributed by atoms with van der Waals surface area (Å²) in [5, 5.41) is 1.94. The molecule has 1 aliphatic heterocycles. The van der Waals surface area contributed by atoms with Crippen molar-refractivity contribution >= 4 is 56.4 Å². The number of carbonyl (C=O) groups excluding carboxylic acids is 2. The Hall–Kier alpha value is -2.08. The fourth-order valence-electron chi connectivity index (χ4n) is 3.72. The topological polar surface area (TPSA) is 40.6 Å². The van der Waals surface area contributed by atoms with Gasteiger partial charge >= 0.3 is 0 Å². The molecule has 3 aromatic rings. The summed E-state index contributed by atoms with van der Waals surface area (Å²) in [6, 6.07) is 13.3. The number of hydrogen-bond donors (Lipinski definition) is 0. The van der Waals surface area contributed by atoms with Gasteiger partial charge in [0.2, 0.25) is 0 Å². The molecule has 2 amide bonds. The minimum absolute atomic E-state index is 0.0136. The number of carbonyl (C=O) groups is 2. The predicted octanol–water partition coefficient (Wildman–Crippen LogP) is 5.76. The van der Waals surface area contributed by atoms with Gasteiger partial charge in [-0.05, 0) is 36.2 Å². The van der Waals surface area contributed by atoms with E-state index in [0.29, 0.717) is 46.7 Å². The number of piperazine rings is 1. The van der Waals surface area contributed by atoms with Gasteiger partial charge in [0, 0.05) is 46.9 Å². The van der Waals surface area contributed by atoms with Crippen molar-refractivity contribution in [3.05, 3.63) is 68.5 Å². The fourth-order valence-corrected chi connectivity index (χ4v) is 5.47. The van der Waals surface area contributed by atoms with Gasteiger partial charge in [-0.25, -0.2) is 0 Å². The van der Waals surface area contributed by atoms with Crippen LogP contribution in [0.1, 0.15) is 38.9 Å². The Bertz CT molecular complexity index is 1090. The highest BCUT2D eigenvalue weighted by Gasteiger charge is 2.28. The molecule has 0 spiro atoms. The van der Waals surface area contributed by atoms with Crippen molar-refractivity contribution in [1.29, 1.82) is 0 Å². The molecule has 0 unspecified atom stereocenters. The summed E-state index contributed by atoms with van der Waals surface area (Å²) in [7, 11) is 0. The molecule has 2 heterocycles. The molecule has 0 atom stereocenters. The van der Waals surface area contributed by atoms with Crippen LogP contribution in [0.3, 0.4) is 0 Å². The van der Waals surface area contributed by atoms with E-state index in [-0.39, 0.29) is 11.8 Å². The molecule has 1 aromatic heterocycles. The maximum Gasteiger partial charge on any atom is 0.265 e. The van der Waals surface area contributed by atoms with E-state index < -0.39 is 0 Å². The van der Waals surface area contributed by atoms with Crippen LogP contribution in [0.4, 0.5) is 0 Å². The summed E-state index contributed by atoms with van der Waals surface area (Å²) < 4.78 is 0.899. The predicted molar refractivity (Wildman–Crippen MR) is 124 cm³/mol. The minimum Gasteiger partial charge on any atom is -0.335 e. The Balaban J connectivity index is 1.42. The summed E-state index contributed by atoms with van der Waals surface area (Å²) in [5.74, 6) is -0.0759. The first-order chi connectivity index (χ1) is 14.5. The lowest BCUT2D eigenvalue weighted by atomic mass is 10.1. The second kappa shape index (κ2) is 8.96. The zero-order valence-corrected chi connectivity index (χ0v) is 19.0. The van der Waals surface area contributed by atoms with Gasteiger partial charge in [-0.2, -0.15) is 0 Å². The average Bonchev–Trinajstić information content (AvgIpc) is 3.09. The molecule has 4 nitrogen and oxygen atoms in total. The molecule has 0 radical (unpaired) electrons. The van der Waals surface area contributed by atoms with E-state index in [2.05, 4.69) is 6.92 Å². The standard InChI is InChI=1S/C23H22Cl2N2O2S/c1-2-3-15-4-6-16(7-5-15)22(28)26-10-12-27(13-11-26)23(29)21-20(25)18-9-8-17(24)14-19(18)30-21/h4-9,14H,2-3,10-13H2,1H3. The lowest BCUT2D eigenvalue weighted by Crippen LogP contribution is -2.50. The Labute approximate surface area is 190 Å². The van der Waals surface area contributed by atoms with Crippen molar-refractivity contribution in [2.75, 3.05) is 26.2 Å². The molecule has 156 valence electrons. The van der Waals surface area contributed by atoms with Crippen LogP contribution in [-0.4, -0.2) is 47.8 Å². The molecule has 1 fully saturated rings. The molecule has 2 aromatic carbocycles. The normalized spacial score (nSPS) is 14.4. The molecule has 0 saturated carbocycles. The molecule has 1 saturated heterocycles. The van der Waals surface area contributed by atoms with Crippen molar-refractivity contribution < 1.29 is 9.59 Å². The van der Waals surface area contributed by atoms with E-state index in [4.69, 9.17) is 23.2 Å². The summed E-state index contributed by atoms with van der Waals surface area (Å²) in [6.07, 6.45) is 2.10. The Morgan fingerprint density at radius 1 is 0.933 bits per heavy atom. The first-order valence-corrected chi connectivity index (χ1v) is 11.6.